The molecule has 1 aliphatic heterocycles. The van der Waals surface area contributed by atoms with E-state index >= 15 is 0 Å². The second-order valence-electron chi connectivity index (χ2n) is 3.61. The number of hydrogen-bond acceptors (Lipinski definition) is 3. The number of hydrogen-bond donors (Lipinski definition) is 2. The van der Waals surface area contributed by atoms with Crippen LogP contribution in [0.2, 0.25) is 0 Å². The van der Waals surface area contributed by atoms with Crippen LogP contribution in [0.15, 0.2) is 0 Å². The van der Waals surface area contributed by atoms with Crippen LogP contribution >= 0.6 is 0 Å². The summed E-state index contributed by atoms with van der Waals surface area (Å²) in [5.41, 5.74) is 1.65. The number of aromatic carboxylic acids is 1. The molecule has 0 aromatic carbocycles. The van der Waals surface area contributed by atoms with Gasteiger partial charge in [0.2, 0.25) is 5.82 Å². The van der Waals surface area contributed by atoms with Gasteiger partial charge in [-0.15, -0.1) is 0 Å². The minimum Gasteiger partial charge on any atom is -0.475 e. The van der Waals surface area contributed by atoms with Gasteiger partial charge < -0.3 is 14.8 Å². The van der Waals surface area contributed by atoms with Crippen molar-refractivity contribution in [2.24, 2.45) is 0 Å². The van der Waals surface area contributed by atoms with E-state index in [2.05, 4.69) is 9.97 Å². The third kappa shape index (κ3) is 1.87. The number of H-pyrrole nitrogens is 1. The highest BCUT2D eigenvalue weighted by Gasteiger charge is 2.25. The lowest BCUT2D eigenvalue weighted by Crippen LogP contribution is -2.01. The maximum Gasteiger partial charge on any atom is 0.371 e. The van der Waals surface area contributed by atoms with Gasteiger partial charge in [-0.3, -0.25) is 0 Å². The third-order valence-corrected chi connectivity index (χ3v) is 2.60. The predicted octanol–water partition coefficient (Wildman–Crippen LogP) is 1.52. The molecule has 1 unspecified atom stereocenters. The minimum atomic E-state index is -1.02. The average molecular weight is 210 g/mol. The van der Waals surface area contributed by atoms with Crippen LogP contribution in [0.4, 0.5) is 0 Å². The summed E-state index contributed by atoms with van der Waals surface area (Å²) < 4.78 is 5.50. The molecule has 15 heavy (non-hydrogen) atoms. The van der Waals surface area contributed by atoms with Crippen molar-refractivity contribution < 1.29 is 14.6 Å². The van der Waals surface area contributed by atoms with E-state index in [-0.39, 0.29) is 11.9 Å². The summed E-state index contributed by atoms with van der Waals surface area (Å²) in [6.45, 7) is 2.71. The molecule has 2 heterocycles. The molecule has 0 bridgehead atoms. The number of nitrogens with one attached hydrogen (secondary N) is 1. The summed E-state index contributed by atoms with van der Waals surface area (Å²) in [4.78, 5) is 17.7. The van der Waals surface area contributed by atoms with Crippen LogP contribution < -0.4 is 0 Å². The number of aromatic amines is 1. The van der Waals surface area contributed by atoms with Gasteiger partial charge in [0, 0.05) is 12.3 Å². The predicted molar refractivity (Wildman–Crippen MR) is 52.9 cm³/mol. The first-order chi connectivity index (χ1) is 7.22. The molecule has 0 amide bonds. The van der Waals surface area contributed by atoms with Gasteiger partial charge in [-0.1, -0.05) is 6.92 Å². The molecule has 1 atom stereocenters. The van der Waals surface area contributed by atoms with Gasteiger partial charge in [0.1, 0.15) is 6.10 Å². The Kier molecular flexibility index (Phi) is 2.73. The Labute approximate surface area is 87.5 Å². The summed E-state index contributed by atoms with van der Waals surface area (Å²) in [7, 11) is 0. The molecule has 0 spiro atoms. The number of aryl methyl sites for hydroxylation is 1. The molecule has 82 valence electrons. The average Bonchev–Trinajstić information content (AvgIpc) is 2.86. The van der Waals surface area contributed by atoms with E-state index in [9.17, 15) is 4.79 Å². The number of carboxylic acids is 1. The van der Waals surface area contributed by atoms with Gasteiger partial charge in [0.05, 0.1) is 5.69 Å². The fourth-order valence-corrected chi connectivity index (χ4v) is 1.85. The first-order valence-electron chi connectivity index (χ1n) is 5.16. The normalized spacial score (nSPS) is 20.7. The highest BCUT2D eigenvalue weighted by molar-refractivity contribution is 5.83. The van der Waals surface area contributed by atoms with Crippen LogP contribution in [0.5, 0.6) is 0 Å². The van der Waals surface area contributed by atoms with Gasteiger partial charge in [-0.2, -0.15) is 0 Å². The van der Waals surface area contributed by atoms with E-state index in [0.717, 1.165) is 37.3 Å². The Bertz CT molecular complexity index is 367. The van der Waals surface area contributed by atoms with Crippen molar-refractivity contribution in [2.45, 2.75) is 32.3 Å². The van der Waals surface area contributed by atoms with Crippen LogP contribution in [0.3, 0.4) is 0 Å². The van der Waals surface area contributed by atoms with Crippen molar-refractivity contribution in [2.75, 3.05) is 6.61 Å². The molecule has 1 saturated heterocycles. The van der Waals surface area contributed by atoms with Crippen LogP contribution in [0.25, 0.3) is 0 Å². The van der Waals surface area contributed by atoms with Gasteiger partial charge in [0.15, 0.2) is 0 Å². The SMILES string of the molecule is CCc1[nH]c(C(=O)O)nc1C1CCCO1. The lowest BCUT2D eigenvalue weighted by Gasteiger charge is -2.07. The van der Waals surface area contributed by atoms with Gasteiger partial charge in [-0.05, 0) is 19.3 Å². The van der Waals surface area contributed by atoms with Crippen molar-refractivity contribution in [3.05, 3.63) is 17.2 Å². The Hall–Kier alpha value is -1.36. The first kappa shape index (κ1) is 10.2. The van der Waals surface area contributed by atoms with Gasteiger partial charge in [-0.25, -0.2) is 9.78 Å². The van der Waals surface area contributed by atoms with E-state index < -0.39 is 5.97 Å². The number of nitrogens with zero attached hydrogens (tertiary/aromatic N) is 1. The summed E-state index contributed by atoms with van der Waals surface area (Å²) in [5, 5.41) is 8.83. The van der Waals surface area contributed by atoms with Crippen LogP contribution in [-0.4, -0.2) is 27.7 Å². The maximum atomic E-state index is 10.8. The Morgan fingerprint density at radius 1 is 1.73 bits per heavy atom. The number of aromatic nitrogens is 2. The molecule has 1 aromatic heterocycles. The first-order valence-corrected chi connectivity index (χ1v) is 5.16. The summed E-state index contributed by atoms with van der Waals surface area (Å²) >= 11 is 0. The topological polar surface area (TPSA) is 75.2 Å². The van der Waals surface area contributed by atoms with E-state index in [1.165, 1.54) is 0 Å². The molecule has 0 radical (unpaired) electrons. The standard InChI is InChI=1S/C10H14N2O3/c1-2-6-8(7-4-3-5-15-7)12-9(11-6)10(13)14/h7H,2-5H2,1H3,(H,11,12)(H,13,14). The molecular formula is C10H14N2O3. The van der Waals surface area contributed by atoms with E-state index in [4.69, 9.17) is 9.84 Å². The molecule has 1 aromatic rings. The van der Waals surface area contributed by atoms with Gasteiger partial charge >= 0.3 is 5.97 Å². The third-order valence-electron chi connectivity index (χ3n) is 2.60. The second-order valence-corrected chi connectivity index (χ2v) is 3.61. The highest BCUT2D eigenvalue weighted by atomic mass is 16.5. The van der Waals surface area contributed by atoms with E-state index in [1.54, 1.807) is 0 Å². The summed E-state index contributed by atoms with van der Waals surface area (Å²) in [5.74, 6) is -1.01. The Morgan fingerprint density at radius 3 is 3.07 bits per heavy atom. The quantitative estimate of drug-likeness (QED) is 0.793. The summed E-state index contributed by atoms with van der Waals surface area (Å²) in [6, 6.07) is 0. The van der Waals surface area contributed by atoms with Gasteiger partial charge in [0.25, 0.3) is 0 Å². The van der Waals surface area contributed by atoms with Crippen LogP contribution in [0.1, 0.15) is 47.9 Å². The molecule has 5 nitrogen and oxygen atoms in total. The van der Waals surface area contributed by atoms with Crippen molar-refractivity contribution in [1.29, 1.82) is 0 Å². The molecule has 0 aliphatic carbocycles. The Morgan fingerprint density at radius 2 is 2.53 bits per heavy atom. The minimum absolute atomic E-state index is 0.0114. The lowest BCUT2D eigenvalue weighted by molar-refractivity contribution is 0.0683. The highest BCUT2D eigenvalue weighted by Crippen LogP contribution is 2.29. The molecule has 2 rings (SSSR count). The summed E-state index contributed by atoms with van der Waals surface area (Å²) in [6.07, 6.45) is 2.67. The smallest absolute Gasteiger partial charge is 0.371 e. The zero-order valence-corrected chi connectivity index (χ0v) is 8.62. The number of carboxylic acid groups (broad SMARTS) is 1. The van der Waals surface area contributed by atoms with Crippen molar-refractivity contribution in [1.82, 2.24) is 9.97 Å². The molecule has 2 N–H and O–H groups in total. The second kappa shape index (κ2) is 4.02. The lowest BCUT2D eigenvalue weighted by atomic mass is 10.1. The monoisotopic (exact) mass is 210 g/mol. The number of imidazole rings is 1. The van der Waals surface area contributed by atoms with Crippen molar-refractivity contribution in [3.63, 3.8) is 0 Å². The molecule has 1 aliphatic rings. The largest absolute Gasteiger partial charge is 0.475 e. The Balaban J connectivity index is 2.31. The van der Waals surface area contributed by atoms with E-state index in [0.29, 0.717) is 0 Å². The van der Waals surface area contributed by atoms with E-state index in [1.807, 2.05) is 6.92 Å². The fourth-order valence-electron chi connectivity index (χ4n) is 1.85. The van der Waals surface area contributed by atoms with Crippen LogP contribution in [-0.2, 0) is 11.2 Å². The maximum absolute atomic E-state index is 10.8. The van der Waals surface area contributed by atoms with Crippen molar-refractivity contribution >= 4 is 5.97 Å². The number of carbonyl (C=O) groups is 1. The molecule has 0 saturated carbocycles. The number of rotatable bonds is 3. The fraction of sp³-hybridized carbons (Fsp3) is 0.600. The molecule has 5 heteroatoms. The number of ether oxygens (including phenoxy) is 1. The molecule has 1 fully saturated rings. The zero-order valence-electron chi connectivity index (χ0n) is 8.62. The van der Waals surface area contributed by atoms with Crippen LogP contribution in [0, 0.1) is 0 Å². The molecular weight excluding hydrogens is 196 g/mol. The van der Waals surface area contributed by atoms with Crippen molar-refractivity contribution in [3.8, 4) is 0 Å². The zero-order chi connectivity index (χ0) is 10.8.